The molecule has 3 nitrogen and oxygen atoms in total. The van der Waals surface area contributed by atoms with Crippen LogP contribution in [-0.4, -0.2) is 24.8 Å². The third-order valence-corrected chi connectivity index (χ3v) is 4.50. The second kappa shape index (κ2) is 5.37. The zero-order chi connectivity index (χ0) is 12.3. The Morgan fingerprint density at radius 3 is 2.82 bits per heavy atom. The first-order chi connectivity index (χ1) is 8.16. The Kier molecular flexibility index (Phi) is 4.06. The van der Waals surface area contributed by atoms with E-state index in [0.717, 1.165) is 44.8 Å². The predicted octanol–water partition coefficient (Wildman–Crippen LogP) is 2.47. The normalized spacial score (nSPS) is 42.3. The molecule has 0 amide bonds. The Morgan fingerprint density at radius 1 is 1.41 bits per heavy atom. The summed E-state index contributed by atoms with van der Waals surface area (Å²) in [6, 6.07) is 2.55. The third-order valence-electron chi connectivity index (χ3n) is 4.50. The van der Waals surface area contributed by atoms with Gasteiger partial charge in [-0.3, -0.25) is 5.32 Å². The quantitative estimate of drug-likeness (QED) is 0.818. The van der Waals surface area contributed by atoms with Crippen LogP contribution in [0.1, 0.15) is 46.0 Å². The van der Waals surface area contributed by atoms with Crippen LogP contribution in [0, 0.1) is 23.2 Å². The molecular formula is C14H24N2O. The SMILES string of the molecule is CC1CCC(C#N)(NCC2CCCO2)C(C)C1. The minimum absolute atomic E-state index is 0.307. The van der Waals surface area contributed by atoms with E-state index in [9.17, 15) is 5.26 Å². The molecule has 0 aromatic heterocycles. The van der Waals surface area contributed by atoms with Crippen molar-refractivity contribution in [2.75, 3.05) is 13.2 Å². The standard InChI is InChI=1S/C14H24N2O/c1-11-5-6-14(10-15,12(2)8-11)16-9-13-4-3-7-17-13/h11-13,16H,3-9H2,1-2H3. The van der Waals surface area contributed by atoms with Gasteiger partial charge in [-0.2, -0.15) is 5.26 Å². The molecule has 1 heterocycles. The molecular weight excluding hydrogens is 212 g/mol. The van der Waals surface area contributed by atoms with Gasteiger partial charge in [0.25, 0.3) is 0 Å². The van der Waals surface area contributed by atoms with Crippen molar-refractivity contribution >= 4 is 0 Å². The minimum Gasteiger partial charge on any atom is -0.377 e. The van der Waals surface area contributed by atoms with E-state index in [2.05, 4.69) is 25.2 Å². The van der Waals surface area contributed by atoms with Crippen LogP contribution in [0.2, 0.25) is 0 Å². The first kappa shape index (κ1) is 12.9. The van der Waals surface area contributed by atoms with E-state index in [1.165, 1.54) is 6.42 Å². The van der Waals surface area contributed by atoms with Crippen LogP contribution in [0.5, 0.6) is 0 Å². The highest BCUT2D eigenvalue weighted by molar-refractivity contribution is 5.12. The summed E-state index contributed by atoms with van der Waals surface area (Å²) < 4.78 is 5.62. The molecule has 2 aliphatic rings. The van der Waals surface area contributed by atoms with E-state index in [4.69, 9.17) is 4.74 Å². The number of hydrogen-bond acceptors (Lipinski definition) is 3. The van der Waals surface area contributed by atoms with Crippen LogP contribution in [0.25, 0.3) is 0 Å². The van der Waals surface area contributed by atoms with Crippen LogP contribution in [0.4, 0.5) is 0 Å². The molecule has 0 bridgehead atoms. The minimum atomic E-state index is -0.307. The molecule has 1 aliphatic heterocycles. The summed E-state index contributed by atoms with van der Waals surface area (Å²) in [5.41, 5.74) is -0.307. The second-order valence-electron chi connectivity index (χ2n) is 5.88. The van der Waals surface area contributed by atoms with Crippen molar-refractivity contribution in [3.05, 3.63) is 0 Å². The van der Waals surface area contributed by atoms with Crippen molar-refractivity contribution in [1.82, 2.24) is 5.32 Å². The fraction of sp³-hybridized carbons (Fsp3) is 0.929. The molecule has 4 atom stereocenters. The molecule has 3 heteroatoms. The summed E-state index contributed by atoms with van der Waals surface area (Å²) in [5.74, 6) is 1.20. The van der Waals surface area contributed by atoms with E-state index in [-0.39, 0.29) is 5.54 Å². The Labute approximate surface area is 105 Å². The van der Waals surface area contributed by atoms with Crippen molar-refractivity contribution in [2.45, 2.75) is 57.6 Å². The number of nitrogens with zero attached hydrogens (tertiary/aromatic N) is 1. The van der Waals surface area contributed by atoms with Crippen LogP contribution in [-0.2, 0) is 4.74 Å². The van der Waals surface area contributed by atoms with Gasteiger partial charge in [0.2, 0.25) is 0 Å². The molecule has 17 heavy (non-hydrogen) atoms. The van der Waals surface area contributed by atoms with Crippen molar-refractivity contribution < 1.29 is 4.74 Å². The average molecular weight is 236 g/mol. The topological polar surface area (TPSA) is 45.0 Å². The summed E-state index contributed by atoms with van der Waals surface area (Å²) in [7, 11) is 0. The molecule has 2 rings (SSSR count). The van der Waals surface area contributed by atoms with E-state index < -0.39 is 0 Å². The molecule has 0 aromatic carbocycles. The highest BCUT2D eigenvalue weighted by Crippen LogP contribution is 2.36. The fourth-order valence-corrected chi connectivity index (χ4v) is 3.21. The summed E-state index contributed by atoms with van der Waals surface area (Å²) in [4.78, 5) is 0. The summed E-state index contributed by atoms with van der Waals surface area (Å²) >= 11 is 0. The van der Waals surface area contributed by atoms with Crippen molar-refractivity contribution in [3.63, 3.8) is 0 Å². The molecule has 4 unspecified atom stereocenters. The van der Waals surface area contributed by atoms with Gasteiger partial charge >= 0.3 is 0 Å². The highest BCUT2D eigenvalue weighted by Gasteiger charge is 2.40. The summed E-state index contributed by atoms with van der Waals surface area (Å²) in [6.45, 7) is 6.23. The molecule has 0 aromatic rings. The van der Waals surface area contributed by atoms with E-state index in [1.807, 2.05) is 0 Å². The zero-order valence-electron chi connectivity index (χ0n) is 11.0. The molecule has 1 saturated carbocycles. The van der Waals surface area contributed by atoms with Crippen LogP contribution < -0.4 is 5.32 Å². The number of ether oxygens (including phenoxy) is 1. The zero-order valence-corrected chi connectivity index (χ0v) is 11.0. The maximum Gasteiger partial charge on any atom is 0.109 e. The highest BCUT2D eigenvalue weighted by atomic mass is 16.5. The van der Waals surface area contributed by atoms with E-state index >= 15 is 0 Å². The van der Waals surface area contributed by atoms with Crippen molar-refractivity contribution in [3.8, 4) is 6.07 Å². The van der Waals surface area contributed by atoms with Gasteiger partial charge in [-0.05, 0) is 43.9 Å². The Hall–Kier alpha value is -0.590. The number of nitriles is 1. The van der Waals surface area contributed by atoms with Crippen LogP contribution >= 0.6 is 0 Å². The van der Waals surface area contributed by atoms with Crippen molar-refractivity contribution in [2.24, 2.45) is 11.8 Å². The first-order valence-electron chi connectivity index (χ1n) is 6.94. The molecule has 2 fully saturated rings. The third kappa shape index (κ3) is 2.81. The maximum absolute atomic E-state index is 9.52. The number of rotatable bonds is 3. The van der Waals surface area contributed by atoms with Crippen molar-refractivity contribution in [1.29, 1.82) is 5.26 Å². The van der Waals surface area contributed by atoms with Gasteiger partial charge in [-0.25, -0.2) is 0 Å². The molecule has 0 spiro atoms. The van der Waals surface area contributed by atoms with Gasteiger partial charge in [0, 0.05) is 13.2 Å². The van der Waals surface area contributed by atoms with Gasteiger partial charge in [0.05, 0.1) is 12.2 Å². The Balaban J connectivity index is 1.92. The first-order valence-corrected chi connectivity index (χ1v) is 6.94. The van der Waals surface area contributed by atoms with Gasteiger partial charge in [-0.15, -0.1) is 0 Å². The Bertz CT molecular complexity index is 293. The number of nitrogens with one attached hydrogen (secondary N) is 1. The Morgan fingerprint density at radius 2 is 2.24 bits per heavy atom. The monoisotopic (exact) mass is 236 g/mol. The number of hydrogen-bond donors (Lipinski definition) is 1. The summed E-state index contributed by atoms with van der Waals surface area (Å²) in [5, 5.41) is 13.0. The van der Waals surface area contributed by atoms with Gasteiger partial charge < -0.3 is 4.74 Å². The fourth-order valence-electron chi connectivity index (χ4n) is 3.21. The van der Waals surface area contributed by atoms with E-state index in [0.29, 0.717) is 12.0 Å². The molecule has 1 N–H and O–H groups in total. The molecule has 0 radical (unpaired) electrons. The van der Waals surface area contributed by atoms with E-state index in [1.54, 1.807) is 0 Å². The predicted molar refractivity (Wildman–Crippen MR) is 67.5 cm³/mol. The molecule has 1 aliphatic carbocycles. The molecule has 96 valence electrons. The lowest BCUT2D eigenvalue weighted by atomic mass is 9.70. The maximum atomic E-state index is 9.52. The second-order valence-corrected chi connectivity index (χ2v) is 5.88. The summed E-state index contributed by atoms with van der Waals surface area (Å²) in [6.07, 6.45) is 5.94. The largest absolute Gasteiger partial charge is 0.377 e. The molecule has 1 saturated heterocycles. The lowest BCUT2D eigenvalue weighted by Gasteiger charge is -2.40. The average Bonchev–Trinajstić information content (AvgIpc) is 2.82. The van der Waals surface area contributed by atoms with Gasteiger partial charge in [0.1, 0.15) is 5.54 Å². The lowest BCUT2D eigenvalue weighted by molar-refractivity contribution is 0.0899. The van der Waals surface area contributed by atoms with Gasteiger partial charge in [0.15, 0.2) is 0 Å². The lowest BCUT2D eigenvalue weighted by Crippen LogP contribution is -2.54. The van der Waals surface area contributed by atoms with Crippen LogP contribution in [0.3, 0.4) is 0 Å². The van der Waals surface area contributed by atoms with Crippen LogP contribution in [0.15, 0.2) is 0 Å². The van der Waals surface area contributed by atoms with Gasteiger partial charge in [-0.1, -0.05) is 13.8 Å². The smallest absolute Gasteiger partial charge is 0.109 e.